The van der Waals surface area contributed by atoms with Crippen LogP contribution in [0.25, 0.3) is 0 Å². The van der Waals surface area contributed by atoms with Gasteiger partial charge in [0.2, 0.25) is 0 Å². The molecule has 1 saturated carbocycles. The van der Waals surface area contributed by atoms with Gasteiger partial charge in [-0.1, -0.05) is 26.2 Å². The molecule has 0 aromatic heterocycles. The van der Waals surface area contributed by atoms with E-state index >= 15 is 0 Å². The van der Waals surface area contributed by atoms with Crippen LogP contribution < -0.4 is 11.1 Å². The van der Waals surface area contributed by atoms with Crippen molar-refractivity contribution in [2.24, 2.45) is 10.7 Å². The third-order valence-electron chi connectivity index (χ3n) is 3.54. The summed E-state index contributed by atoms with van der Waals surface area (Å²) >= 11 is 0. The molecule has 0 aromatic carbocycles. The van der Waals surface area contributed by atoms with E-state index in [0.717, 1.165) is 39.0 Å². The Balaban J connectivity index is 1.85. The minimum Gasteiger partial charge on any atom is -0.378 e. The van der Waals surface area contributed by atoms with Gasteiger partial charge in [0.15, 0.2) is 5.96 Å². The number of hydrogen-bond donors (Lipinski definition) is 2. The van der Waals surface area contributed by atoms with Gasteiger partial charge in [0.1, 0.15) is 0 Å². The fourth-order valence-corrected chi connectivity index (χ4v) is 2.39. The zero-order valence-corrected chi connectivity index (χ0v) is 12.5. The molecule has 4 nitrogen and oxygen atoms in total. The quantitative estimate of drug-likeness (QED) is 0.384. The number of aliphatic imine (C=N–C) groups is 1. The molecule has 4 heteroatoms. The molecule has 1 fully saturated rings. The Hall–Kier alpha value is -0.770. The Bertz CT molecular complexity index is 238. The fourth-order valence-electron chi connectivity index (χ4n) is 2.39. The lowest BCUT2D eigenvalue weighted by molar-refractivity contribution is 0.0264. The summed E-state index contributed by atoms with van der Waals surface area (Å²) in [7, 11) is 0. The molecule has 0 saturated heterocycles. The number of nitrogens with zero attached hydrogens (tertiary/aromatic N) is 1. The lowest BCUT2D eigenvalue weighted by Crippen LogP contribution is -2.32. The zero-order valence-electron chi connectivity index (χ0n) is 12.5. The number of nitrogens with two attached hydrogens (primary N) is 1. The molecule has 3 N–H and O–H groups in total. The SMILES string of the molecule is CCCN=C(N)NCCCCCOC1CCCCC1. The molecule has 19 heavy (non-hydrogen) atoms. The molecule has 0 amide bonds. The summed E-state index contributed by atoms with van der Waals surface area (Å²) in [6.45, 7) is 4.75. The predicted octanol–water partition coefficient (Wildman–Crippen LogP) is 2.82. The van der Waals surface area contributed by atoms with E-state index in [-0.39, 0.29) is 0 Å². The molecule has 0 heterocycles. The first-order valence-corrected chi connectivity index (χ1v) is 7.98. The van der Waals surface area contributed by atoms with Crippen LogP contribution >= 0.6 is 0 Å². The molecule has 0 spiro atoms. The van der Waals surface area contributed by atoms with E-state index in [2.05, 4.69) is 17.2 Å². The summed E-state index contributed by atoms with van der Waals surface area (Å²) in [4.78, 5) is 4.20. The van der Waals surface area contributed by atoms with E-state index in [0.29, 0.717) is 12.1 Å². The minimum atomic E-state index is 0.545. The number of nitrogens with one attached hydrogen (secondary N) is 1. The monoisotopic (exact) mass is 269 g/mol. The summed E-state index contributed by atoms with van der Waals surface area (Å²) in [6, 6.07) is 0. The average Bonchev–Trinajstić information content (AvgIpc) is 2.45. The first-order chi connectivity index (χ1) is 9.33. The van der Waals surface area contributed by atoms with Gasteiger partial charge in [-0.05, 0) is 38.5 Å². The smallest absolute Gasteiger partial charge is 0.188 e. The zero-order chi connectivity index (χ0) is 13.8. The highest BCUT2D eigenvalue weighted by atomic mass is 16.5. The van der Waals surface area contributed by atoms with Gasteiger partial charge < -0.3 is 15.8 Å². The first kappa shape index (κ1) is 16.3. The maximum atomic E-state index is 5.89. The van der Waals surface area contributed by atoms with Crippen molar-refractivity contribution in [1.82, 2.24) is 5.32 Å². The summed E-state index contributed by atoms with van der Waals surface area (Å²) < 4.78 is 5.89. The fraction of sp³-hybridized carbons (Fsp3) is 0.933. The van der Waals surface area contributed by atoms with Crippen LogP contribution in [0.1, 0.15) is 64.7 Å². The molecular formula is C15H31N3O. The van der Waals surface area contributed by atoms with Crippen LogP contribution in [-0.2, 0) is 4.74 Å². The molecule has 0 radical (unpaired) electrons. The number of hydrogen-bond acceptors (Lipinski definition) is 2. The maximum Gasteiger partial charge on any atom is 0.188 e. The van der Waals surface area contributed by atoms with Gasteiger partial charge in [0, 0.05) is 19.7 Å². The Kier molecular flexibility index (Phi) is 9.51. The summed E-state index contributed by atoms with van der Waals surface area (Å²) in [5.41, 5.74) is 5.71. The molecule has 112 valence electrons. The van der Waals surface area contributed by atoms with Gasteiger partial charge in [-0.3, -0.25) is 4.99 Å². The Labute approximate surface area is 118 Å². The van der Waals surface area contributed by atoms with Crippen molar-refractivity contribution in [3.8, 4) is 0 Å². The van der Waals surface area contributed by atoms with E-state index in [1.807, 2.05) is 0 Å². The van der Waals surface area contributed by atoms with Crippen molar-refractivity contribution in [3.05, 3.63) is 0 Å². The summed E-state index contributed by atoms with van der Waals surface area (Å²) in [5.74, 6) is 0.584. The standard InChI is InChI=1S/C15H31N3O/c1-2-11-17-15(16)18-12-7-4-8-13-19-14-9-5-3-6-10-14/h14H,2-13H2,1H3,(H3,16,17,18). The molecule has 0 atom stereocenters. The van der Waals surface area contributed by atoms with Gasteiger partial charge in [-0.15, -0.1) is 0 Å². The molecule has 0 aliphatic heterocycles. The molecule has 0 aromatic rings. The van der Waals surface area contributed by atoms with Crippen molar-refractivity contribution >= 4 is 5.96 Å². The van der Waals surface area contributed by atoms with Crippen LogP contribution in [0.5, 0.6) is 0 Å². The highest BCUT2D eigenvalue weighted by Crippen LogP contribution is 2.20. The van der Waals surface area contributed by atoms with Crippen molar-refractivity contribution in [3.63, 3.8) is 0 Å². The van der Waals surface area contributed by atoms with Gasteiger partial charge >= 0.3 is 0 Å². The normalized spacial score (nSPS) is 17.6. The van der Waals surface area contributed by atoms with Crippen LogP contribution in [0.3, 0.4) is 0 Å². The summed E-state index contributed by atoms with van der Waals surface area (Å²) in [6.07, 6.45) is 11.7. The lowest BCUT2D eigenvalue weighted by atomic mass is 9.98. The van der Waals surface area contributed by atoms with E-state index in [4.69, 9.17) is 10.5 Å². The molecule has 1 rings (SSSR count). The second-order valence-electron chi connectivity index (χ2n) is 5.39. The van der Waals surface area contributed by atoms with Crippen molar-refractivity contribution in [2.45, 2.75) is 70.8 Å². The third kappa shape index (κ3) is 8.87. The van der Waals surface area contributed by atoms with Crippen LogP contribution in [0.15, 0.2) is 4.99 Å². The highest BCUT2D eigenvalue weighted by Gasteiger charge is 2.12. The molecule has 1 aliphatic carbocycles. The number of rotatable bonds is 9. The Morgan fingerprint density at radius 3 is 2.74 bits per heavy atom. The van der Waals surface area contributed by atoms with Gasteiger partial charge in [-0.25, -0.2) is 0 Å². The second kappa shape index (κ2) is 11.1. The van der Waals surface area contributed by atoms with E-state index in [1.165, 1.54) is 38.5 Å². The van der Waals surface area contributed by atoms with Gasteiger partial charge in [-0.2, -0.15) is 0 Å². The van der Waals surface area contributed by atoms with E-state index in [1.54, 1.807) is 0 Å². The van der Waals surface area contributed by atoms with Crippen molar-refractivity contribution < 1.29 is 4.74 Å². The van der Waals surface area contributed by atoms with Crippen molar-refractivity contribution in [2.75, 3.05) is 19.7 Å². The minimum absolute atomic E-state index is 0.545. The summed E-state index contributed by atoms with van der Waals surface area (Å²) in [5, 5.41) is 3.14. The first-order valence-electron chi connectivity index (χ1n) is 7.98. The Morgan fingerprint density at radius 2 is 2.00 bits per heavy atom. The third-order valence-corrected chi connectivity index (χ3v) is 3.54. The predicted molar refractivity (Wildman–Crippen MR) is 81.5 cm³/mol. The van der Waals surface area contributed by atoms with Crippen LogP contribution in [-0.4, -0.2) is 31.8 Å². The Morgan fingerprint density at radius 1 is 1.21 bits per heavy atom. The van der Waals surface area contributed by atoms with Gasteiger partial charge in [0.05, 0.1) is 6.10 Å². The molecule has 0 unspecified atom stereocenters. The molecule has 1 aliphatic rings. The van der Waals surface area contributed by atoms with E-state index in [9.17, 15) is 0 Å². The molecule has 0 bridgehead atoms. The largest absolute Gasteiger partial charge is 0.378 e. The lowest BCUT2D eigenvalue weighted by Gasteiger charge is -2.21. The highest BCUT2D eigenvalue weighted by molar-refractivity contribution is 5.77. The topological polar surface area (TPSA) is 59.6 Å². The average molecular weight is 269 g/mol. The molecular weight excluding hydrogens is 238 g/mol. The van der Waals surface area contributed by atoms with Crippen LogP contribution in [0.4, 0.5) is 0 Å². The number of unbranched alkanes of at least 4 members (excludes halogenated alkanes) is 2. The second-order valence-corrected chi connectivity index (χ2v) is 5.39. The van der Waals surface area contributed by atoms with E-state index < -0.39 is 0 Å². The number of guanidine groups is 1. The van der Waals surface area contributed by atoms with Crippen LogP contribution in [0, 0.1) is 0 Å². The van der Waals surface area contributed by atoms with Gasteiger partial charge in [0.25, 0.3) is 0 Å². The number of ether oxygens (including phenoxy) is 1. The van der Waals surface area contributed by atoms with Crippen molar-refractivity contribution in [1.29, 1.82) is 0 Å². The van der Waals surface area contributed by atoms with Crippen LogP contribution in [0.2, 0.25) is 0 Å². The maximum absolute atomic E-state index is 5.89.